The molecule has 1 N–H and O–H groups in total. The largest absolute Gasteiger partial charge is 0.354 e. The number of hydrogen-bond donors (Lipinski definition) is 1. The Kier molecular flexibility index (Phi) is 4.43. The van der Waals surface area contributed by atoms with Crippen molar-refractivity contribution in [2.45, 2.75) is 26.3 Å². The van der Waals surface area contributed by atoms with E-state index in [9.17, 15) is 14.9 Å². The Morgan fingerprint density at radius 1 is 1.69 bits per heavy atom. The number of hydrogen-bond acceptors (Lipinski definition) is 4. The summed E-state index contributed by atoms with van der Waals surface area (Å²) in [5.74, 6) is -0.188. The molecule has 0 aliphatic carbocycles. The predicted octanol–water partition coefficient (Wildman–Crippen LogP) is 0.708. The number of aromatic nitrogens is 2. The van der Waals surface area contributed by atoms with Crippen molar-refractivity contribution in [2.75, 3.05) is 6.54 Å². The number of nitrogens with zero attached hydrogens (tertiary/aromatic N) is 3. The summed E-state index contributed by atoms with van der Waals surface area (Å²) >= 11 is 0. The van der Waals surface area contributed by atoms with E-state index >= 15 is 0 Å². The van der Waals surface area contributed by atoms with Crippen molar-refractivity contribution < 1.29 is 9.72 Å². The average Bonchev–Trinajstić information content (AvgIpc) is 2.66. The Morgan fingerprint density at radius 3 is 3.00 bits per heavy atom. The van der Waals surface area contributed by atoms with Crippen LogP contribution in [-0.4, -0.2) is 27.2 Å². The van der Waals surface area contributed by atoms with E-state index in [1.165, 1.54) is 10.9 Å². The molecule has 0 radical (unpaired) electrons. The lowest BCUT2D eigenvalue weighted by Gasteiger charge is -2.03. The van der Waals surface area contributed by atoms with Crippen molar-refractivity contribution in [3.63, 3.8) is 0 Å². The van der Waals surface area contributed by atoms with Crippen LogP contribution in [0.3, 0.4) is 0 Å². The highest BCUT2D eigenvalue weighted by Crippen LogP contribution is 2.07. The molecule has 0 saturated heterocycles. The van der Waals surface area contributed by atoms with E-state index in [-0.39, 0.29) is 18.1 Å². The number of nitro groups is 1. The highest BCUT2D eigenvalue weighted by molar-refractivity contribution is 5.75. The molecule has 1 rings (SSSR count). The molecule has 0 spiro atoms. The minimum atomic E-state index is -0.543. The van der Waals surface area contributed by atoms with E-state index in [1.54, 1.807) is 0 Å². The van der Waals surface area contributed by atoms with Crippen LogP contribution in [0.4, 0.5) is 5.69 Å². The summed E-state index contributed by atoms with van der Waals surface area (Å²) in [6, 6.07) is 0. The Morgan fingerprint density at radius 2 is 2.44 bits per heavy atom. The monoisotopic (exact) mass is 226 g/mol. The van der Waals surface area contributed by atoms with Crippen LogP contribution in [-0.2, 0) is 11.3 Å². The smallest absolute Gasteiger partial charge is 0.307 e. The maximum atomic E-state index is 11.3. The average molecular weight is 226 g/mol. The zero-order chi connectivity index (χ0) is 12.0. The molecule has 88 valence electrons. The van der Waals surface area contributed by atoms with Gasteiger partial charge >= 0.3 is 5.69 Å². The van der Waals surface area contributed by atoms with Gasteiger partial charge in [0.2, 0.25) is 5.91 Å². The molecule has 0 bridgehead atoms. The van der Waals surface area contributed by atoms with E-state index in [0.29, 0.717) is 6.54 Å². The number of carbonyl (C=O) groups excluding carboxylic acids is 1. The molecule has 0 aromatic carbocycles. The normalized spacial score (nSPS) is 10.1. The van der Waals surface area contributed by atoms with Crippen LogP contribution in [0, 0.1) is 10.1 Å². The van der Waals surface area contributed by atoms with Gasteiger partial charge in [0.15, 0.2) is 0 Å². The van der Waals surface area contributed by atoms with Gasteiger partial charge in [-0.25, -0.2) is 0 Å². The van der Waals surface area contributed by atoms with Gasteiger partial charge in [0, 0.05) is 6.54 Å². The lowest BCUT2D eigenvalue weighted by molar-refractivity contribution is -0.385. The molecule has 0 fully saturated rings. The number of rotatable bonds is 6. The molecule has 16 heavy (non-hydrogen) atoms. The lowest BCUT2D eigenvalue weighted by Crippen LogP contribution is -2.28. The second-order valence-corrected chi connectivity index (χ2v) is 3.36. The first-order valence-electron chi connectivity index (χ1n) is 5.07. The van der Waals surface area contributed by atoms with E-state index in [4.69, 9.17) is 0 Å². The van der Waals surface area contributed by atoms with Gasteiger partial charge in [-0.15, -0.1) is 0 Å². The van der Waals surface area contributed by atoms with Crippen molar-refractivity contribution >= 4 is 11.6 Å². The molecule has 1 amide bonds. The second kappa shape index (κ2) is 5.84. The molecule has 0 aliphatic rings. The maximum absolute atomic E-state index is 11.3. The minimum absolute atomic E-state index is 0.0115. The second-order valence-electron chi connectivity index (χ2n) is 3.36. The number of amides is 1. The zero-order valence-electron chi connectivity index (χ0n) is 9.05. The maximum Gasteiger partial charge on any atom is 0.307 e. The van der Waals surface area contributed by atoms with Crippen LogP contribution in [0.15, 0.2) is 12.4 Å². The Hall–Kier alpha value is -1.92. The summed E-state index contributed by atoms with van der Waals surface area (Å²) in [6.07, 6.45) is 4.29. The molecule has 0 aliphatic heterocycles. The van der Waals surface area contributed by atoms with Crippen LogP contribution < -0.4 is 5.32 Å². The molecular weight excluding hydrogens is 212 g/mol. The first-order chi connectivity index (χ1) is 7.63. The Labute approximate surface area is 92.6 Å². The van der Waals surface area contributed by atoms with E-state index in [2.05, 4.69) is 10.4 Å². The molecule has 0 atom stereocenters. The van der Waals surface area contributed by atoms with E-state index < -0.39 is 4.92 Å². The standard InChI is InChI=1S/C9H14N4O3/c1-2-3-4-10-9(14)7-12-6-8(5-11-12)13(15)16/h5-6H,2-4,7H2,1H3,(H,10,14). The molecule has 7 nitrogen and oxygen atoms in total. The van der Waals surface area contributed by atoms with Crippen LogP contribution in [0.5, 0.6) is 0 Å². The van der Waals surface area contributed by atoms with Gasteiger partial charge in [-0.05, 0) is 6.42 Å². The summed E-state index contributed by atoms with van der Waals surface area (Å²) in [6.45, 7) is 2.67. The molecule has 1 aromatic rings. The quantitative estimate of drug-likeness (QED) is 0.439. The molecule has 1 heterocycles. The summed E-state index contributed by atoms with van der Waals surface area (Å²) < 4.78 is 1.25. The lowest BCUT2D eigenvalue weighted by atomic mass is 10.3. The molecular formula is C9H14N4O3. The van der Waals surface area contributed by atoms with Crippen LogP contribution in [0.2, 0.25) is 0 Å². The van der Waals surface area contributed by atoms with Gasteiger partial charge in [0.25, 0.3) is 0 Å². The van der Waals surface area contributed by atoms with Gasteiger partial charge in [-0.1, -0.05) is 13.3 Å². The van der Waals surface area contributed by atoms with Gasteiger partial charge < -0.3 is 5.32 Å². The zero-order valence-corrected chi connectivity index (χ0v) is 9.05. The van der Waals surface area contributed by atoms with Crippen molar-refractivity contribution in [2.24, 2.45) is 0 Å². The predicted molar refractivity (Wildman–Crippen MR) is 56.8 cm³/mol. The highest BCUT2D eigenvalue weighted by atomic mass is 16.6. The third-order valence-corrected chi connectivity index (χ3v) is 1.99. The Balaban J connectivity index is 2.40. The van der Waals surface area contributed by atoms with Crippen molar-refractivity contribution in [3.8, 4) is 0 Å². The van der Waals surface area contributed by atoms with Crippen LogP contribution in [0.25, 0.3) is 0 Å². The SMILES string of the molecule is CCCCNC(=O)Cn1cc([N+](=O)[O-])cn1. The summed E-state index contributed by atoms with van der Waals surface area (Å²) in [5.41, 5.74) is -0.110. The summed E-state index contributed by atoms with van der Waals surface area (Å²) in [4.78, 5) is 21.1. The highest BCUT2D eigenvalue weighted by Gasteiger charge is 2.10. The number of unbranched alkanes of at least 4 members (excludes halogenated alkanes) is 1. The topological polar surface area (TPSA) is 90.1 Å². The van der Waals surface area contributed by atoms with Crippen molar-refractivity contribution in [1.82, 2.24) is 15.1 Å². The minimum Gasteiger partial charge on any atom is -0.354 e. The third-order valence-electron chi connectivity index (χ3n) is 1.99. The van der Waals surface area contributed by atoms with Gasteiger partial charge in [0.05, 0.1) is 4.92 Å². The first kappa shape index (κ1) is 12.2. The van der Waals surface area contributed by atoms with E-state index in [1.807, 2.05) is 6.92 Å². The first-order valence-corrected chi connectivity index (χ1v) is 5.07. The summed E-state index contributed by atoms with van der Waals surface area (Å²) in [5, 5.41) is 16.8. The van der Waals surface area contributed by atoms with Gasteiger partial charge in [0.1, 0.15) is 18.9 Å². The van der Waals surface area contributed by atoms with Crippen LogP contribution >= 0.6 is 0 Å². The van der Waals surface area contributed by atoms with Gasteiger partial charge in [-0.3, -0.25) is 19.6 Å². The fraction of sp³-hybridized carbons (Fsp3) is 0.556. The Bertz CT molecular complexity index is 375. The summed E-state index contributed by atoms with van der Waals surface area (Å²) in [7, 11) is 0. The molecule has 0 unspecified atom stereocenters. The van der Waals surface area contributed by atoms with Crippen molar-refractivity contribution in [1.29, 1.82) is 0 Å². The fourth-order valence-corrected chi connectivity index (χ4v) is 1.14. The van der Waals surface area contributed by atoms with Gasteiger partial charge in [-0.2, -0.15) is 5.10 Å². The third kappa shape index (κ3) is 3.68. The van der Waals surface area contributed by atoms with Crippen molar-refractivity contribution in [3.05, 3.63) is 22.5 Å². The number of carbonyl (C=O) groups is 1. The molecule has 0 saturated carbocycles. The van der Waals surface area contributed by atoms with Crippen LogP contribution in [0.1, 0.15) is 19.8 Å². The molecule has 1 aromatic heterocycles. The van der Waals surface area contributed by atoms with E-state index in [0.717, 1.165) is 19.0 Å². The molecule has 7 heteroatoms. The number of nitrogens with one attached hydrogen (secondary N) is 1. The fourth-order valence-electron chi connectivity index (χ4n) is 1.14.